The predicted molar refractivity (Wildman–Crippen MR) is 84.7 cm³/mol. The van der Waals surface area contributed by atoms with Crippen molar-refractivity contribution < 1.29 is 13.9 Å². The maximum Gasteiger partial charge on any atom is 0.138 e. The number of rotatable bonds is 6. The summed E-state index contributed by atoms with van der Waals surface area (Å²) in [5.41, 5.74) is 6.28. The number of halogens is 2. The van der Waals surface area contributed by atoms with Crippen LogP contribution in [-0.4, -0.2) is 18.2 Å². The standard InChI is InChI=1S/C15H13ClFNO2S/c16-12-9-10(17)5-6-14(12)20-8-7-19-13-4-2-1-3-11(13)15(18)21/h1-6,9H,7-8H2,(H2,18,21). The molecule has 0 aliphatic heterocycles. The lowest BCUT2D eigenvalue weighted by Gasteiger charge is -2.12. The normalized spacial score (nSPS) is 10.2. The van der Waals surface area contributed by atoms with E-state index >= 15 is 0 Å². The molecule has 21 heavy (non-hydrogen) atoms. The maximum absolute atomic E-state index is 12.9. The first-order valence-corrected chi connectivity index (χ1v) is 6.96. The van der Waals surface area contributed by atoms with Crippen LogP contribution in [0.3, 0.4) is 0 Å². The Bertz CT molecular complexity index is 651. The summed E-state index contributed by atoms with van der Waals surface area (Å²) in [6.07, 6.45) is 0. The van der Waals surface area contributed by atoms with Crippen molar-refractivity contribution in [3.63, 3.8) is 0 Å². The van der Waals surface area contributed by atoms with Crippen LogP contribution in [0.1, 0.15) is 5.56 Å². The van der Waals surface area contributed by atoms with Gasteiger partial charge in [0.2, 0.25) is 0 Å². The van der Waals surface area contributed by atoms with E-state index in [-0.39, 0.29) is 23.2 Å². The molecule has 0 heterocycles. The van der Waals surface area contributed by atoms with Crippen molar-refractivity contribution in [3.05, 3.63) is 58.9 Å². The van der Waals surface area contributed by atoms with E-state index in [1.54, 1.807) is 12.1 Å². The molecule has 2 aromatic rings. The number of nitrogens with two attached hydrogens (primary N) is 1. The van der Waals surface area contributed by atoms with Crippen molar-refractivity contribution in [3.8, 4) is 11.5 Å². The molecule has 0 aliphatic rings. The lowest BCUT2D eigenvalue weighted by Crippen LogP contribution is -2.14. The molecular formula is C15H13ClFNO2S. The first-order chi connectivity index (χ1) is 10.1. The largest absolute Gasteiger partial charge is 0.489 e. The van der Waals surface area contributed by atoms with Gasteiger partial charge in [-0.1, -0.05) is 36.0 Å². The van der Waals surface area contributed by atoms with Crippen molar-refractivity contribution in [2.45, 2.75) is 0 Å². The zero-order chi connectivity index (χ0) is 15.2. The van der Waals surface area contributed by atoms with Crippen molar-refractivity contribution in [2.75, 3.05) is 13.2 Å². The molecule has 0 amide bonds. The van der Waals surface area contributed by atoms with Crippen LogP contribution in [0.25, 0.3) is 0 Å². The molecule has 0 aromatic heterocycles. The van der Waals surface area contributed by atoms with Gasteiger partial charge in [0.15, 0.2) is 0 Å². The average molecular weight is 326 g/mol. The summed E-state index contributed by atoms with van der Waals surface area (Å²) in [7, 11) is 0. The van der Waals surface area contributed by atoms with E-state index in [1.165, 1.54) is 18.2 Å². The quantitative estimate of drug-likeness (QED) is 0.651. The number of hydrogen-bond donors (Lipinski definition) is 1. The van der Waals surface area contributed by atoms with Crippen LogP contribution in [0.5, 0.6) is 11.5 Å². The van der Waals surface area contributed by atoms with E-state index in [4.69, 9.17) is 39.0 Å². The van der Waals surface area contributed by atoms with Gasteiger partial charge in [0.1, 0.15) is 35.5 Å². The van der Waals surface area contributed by atoms with Crippen LogP contribution in [0.4, 0.5) is 4.39 Å². The second-order valence-corrected chi connectivity index (χ2v) is 4.98. The molecule has 6 heteroatoms. The third kappa shape index (κ3) is 4.31. The first kappa shape index (κ1) is 15.5. The van der Waals surface area contributed by atoms with Gasteiger partial charge < -0.3 is 15.2 Å². The SMILES string of the molecule is NC(=S)c1ccccc1OCCOc1ccc(F)cc1Cl. The van der Waals surface area contributed by atoms with Gasteiger partial charge in [-0.2, -0.15) is 0 Å². The monoisotopic (exact) mass is 325 g/mol. The summed E-state index contributed by atoms with van der Waals surface area (Å²) >= 11 is 10.8. The van der Waals surface area contributed by atoms with Crippen LogP contribution in [-0.2, 0) is 0 Å². The molecule has 0 radical (unpaired) electrons. The molecule has 0 fully saturated rings. The number of hydrogen-bond acceptors (Lipinski definition) is 3. The Balaban J connectivity index is 1.89. The van der Waals surface area contributed by atoms with Gasteiger partial charge in [0.25, 0.3) is 0 Å². The predicted octanol–water partition coefficient (Wildman–Crippen LogP) is 3.57. The molecular weight excluding hydrogens is 313 g/mol. The summed E-state index contributed by atoms with van der Waals surface area (Å²) in [6, 6.07) is 11.2. The van der Waals surface area contributed by atoms with E-state index in [0.29, 0.717) is 17.1 Å². The van der Waals surface area contributed by atoms with Crippen molar-refractivity contribution in [1.82, 2.24) is 0 Å². The van der Waals surface area contributed by atoms with Gasteiger partial charge >= 0.3 is 0 Å². The second-order valence-electron chi connectivity index (χ2n) is 4.13. The molecule has 2 rings (SSSR count). The Morgan fingerprint density at radius 2 is 1.76 bits per heavy atom. The van der Waals surface area contributed by atoms with Crippen LogP contribution < -0.4 is 15.2 Å². The van der Waals surface area contributed by atoms with Gasteiger partial charge in [-0.25, -0.2) is 4.39 Å². The van der Waals surface area contributed by atoms with Crippen molar-refractivity contribution in [1.29, 1.82) is 0 Å². The molecule has 2 aromatic carbocycles. The highest BCUT2D eigenvalue weighted by atomic mass is 35.5. The fourth-order valence-corrected chi connectivity index (χ4v) is 2.08. The summed E-state index contributed by atoms with van der Waals surface area (Å²) in [6.45, 7) is 0.546. The van der Waals surface area contributed by atoms with Gasteiger partial charge in [-0.15, -0.1) is 0 Å². The Kier molecular flexibility index (Phi) is 5.36. The summed E-state index contributed by atoms with van der Waals surface area (Å²) in [4.78, 5) is 0.271. The maximum atomic E-state index is 12.9. The van der Waals surface area contributed by atoms with Crippen LogP contribution in [0.2, 0.25) is 5.02 Å². The van der Waals surface area contributed by atoms with E-state index in [1.807, 2.05) is 12.1 Å². The molecule has 3 nitrogen and oxygen atoms in total. The Morgan fingerprint density at radius 3 is 2.43 bits per heavy atom. The Hall–Kier alpha value is -1.85. The topological polar surface area (TPSA) is 44.5 Å². The molecule has 0 spiro atoms. The van der Waals surface area contributed by atoms with Gasteiger partial charge in [0, 0.05) is 0 Å². The zero-order valence-electron chi connectivity index (χ0n) is 11.0. The highest BCUT2D eigenvalue weighted by Gasteiger charge is 2.06. The van der Waals surface area contributed by atoms with E-state index in [9.17, 15) is 4.39 Å². The average Bonchev–Trinajstić information content (AvgIpc) is 2.45. The molecule has 0 saturated carbocycles. The summed E-state index contributed by atoms with van der Waals surface area (Å²) in [5.74, 6) is 0.595. The van der Waals surface area contributed by atoms with E-state index in [2.05, 4.69) is 0 Å². The summed E-state index contributed by atoms with van der Waals surface area (Å²) in [5, 5.41) is 0.221. The van der Waals surface area contributed by atoms with E-state index in [0.717, 1.165) is 0 Å². The fraction of sp³-hybridized carbons (Fsp3) is 0.133. The Labute approximate surface area is 132 Å². The molecule has 0 bridgehead atoms. The van der Waals surface area contributed by atoms with Crippen LogP contribution >= 0.6 is 23.8 Å². The van der Waals surface area contributed by atoms with Crippen LogP contribution in [0.15, 0.2) is 42.5 Å². The van der Waals surface area contributed by atoms with Gasteiger partial charge in [0.05, 0.1) is 10.6 Å². The number of thiocarbonyl (C=S) groups is 1. The lowest BCUT2D eigenvalue weighted by atomic mass is 10.2. The van der Waals surface area contributed by atoms with Gasteiger partial charge in [-0.05, 0) is 30.3 Å². The van der Waals surface area contributed by atoms with Gasteiger partial charge in [-0.3, -0.25) is 0 Å². The van der Waals surface area contributed by atoms with Crippen LogP contribution in [0, 0.1) is 5.82 Å². The van der Waals surface area contributed by atoms with E-state index < -0.39 is 5.82 Å². The fourth-order valence-electron chi connectivity index (χ4n) is 1.69. The zero-order valence-corrected chi connectivity index (χ0v) is 12.6. The third-order valence-corrected chi connectivity index (χ3v) is 3.16. The Morgan fingerprint density at radius 1 is 1.10 bits per heavy atom. The smallest absolute Gasteiger partial charge is 0.138 e. The number of benzene rings is 2. The molecule has 0 atom stereocenters. The first-order valence-electron chi connectivity index (χ1n) is 6.17. The molecule has 2 N–H and O–H groups in total. The molecule has 0 unspecified atom stereocenters. The molecule has 0 saturated heterocycles. The highest BCUT2D eigenvalue weighted by molar-refractivity contribution is 7.80. The lowest BCUT2D eigenvalue weighted by molar-refractivity contribution is 0.217. The number of para-hydroxylation sites is 1. The number of ether oxygens (including phenoxy) is 2. The molecule has 110 valence electrons. The van der Waals surface area contributed by atoms with Crippen molar-refractivity contribution in [2.24, 2.45) is 5.73 Å². The molecule has 0 aliphatic carbocycles. The minimum Gasteiger partial charge on any atom is -0.489 e. The summed E-state index contributed by atoms with van der Waals surface area (Å²) < 4.78 is 23.9. The highest BCUT2D eigenvalue weighted by Crippen LogP contribution is 2.25. The minimum absolute atomic E-state index is 0.221. The second kappa shape index (κ2) is 7.24. The minimum atomic E-state index is -0.408. The third-order valence-electron chi connectivity index (χ3n) is 2.64. The van der Waals surface area contributed by atoms with Crippen molar-refractivity contribution >= 4 is 28.8 Å².